The van der Waals surface area contributed by atoms with Crippen molar-refractivity contribution in [2.45, 2.75) is 20.8 Å². The number of nitrogens with one attached hydrogen (secondary N) is 2. The number of aromatic amines is 1. The van der Waals surface area contributed by atoms with E-state index in [4.69, 9.17) is 5.73 Å². The number of ketones is 1. The lowest BCUT2D eigenvalue weighted by Gasteiger charge is -2.14. The molecule has 0 fully saturated rings. The summed E-state index contributed by atoms with van der Waals surface area (Å²) in [6.45, 7) is 5.60. The number of Topliss-reactive ketones (excluding diaryl/α,β-unsaturated/α-hetero) is 1. The number of hydrogen-bond donors (Lipinski definition) is 3. The summed E-state index contributed by atoms with van der Waals surface area (Å²) in [6, 6.07) is 10.3. The summed E-state index contributed by atoms with van der Waals surface area (Å²) >= 11 is 0. The van der Waals surface area contributed by atoms with Gasteiger partial charge >= 0.3 is 0 Å². The smallest absolute Gasteiger partial charge is 0.255 e. The highest BCUT2D eigenvalue weighted by Gasteiger charge is 2.24. The van der Waals surface area contributed by atoms with E-state index in [0.29, 0.717) is 28.3 Å². The monoisotopic (exact) mass is 336 g/mol. The average Bonchev–Trinajstić information content (AvgIpc) is 2.96. The molecule has 0 aliphatic heterocycles. The first-order valence-electron chi connectivity index (χ1n) is 7.94. The van der Waals surface area contributed by atoms with Gasteiger partial charge in [0.1, 0.15) is 5.65 Å². The molecule has 0 unspecified atom stereocenters. The molecule has 6 heteroatoms. The minimum Gasteiger partial charge on any atom is -0.399 e. The summed E-state index contributed by atoms with van der Waals surface area (Å²) in [4.78, 5) is 32.0. The molecule has 0 saturated carbocycles. The Bertz CT molecular complexity index is 967. The number of carbonyl (C=O) groups is 2. The molecule has 3 rings (SSSR count). The SMILES string of the molecule is CC(C)(C)C(=O)c1cc2cc(NC(=O)c3cccc(N)c3)cnc2[nH]1. The molecule has 3 aromatic rings. The second-order valence-electron chi connectivity index (χ2n) is 7.00. The molecule has 0 radical (unpaired) electrons. The van der Waals surface area contributed by atoms with Crippen molar-refractivity contribution < 1.29 is 9.59 Å². The van der Waals surface area contributed by atoms with Crippen LogP contribution in [0.3, 0.4) is 0 Å². The zero-order chi connectivity index (χ0) is 18.2. The van der Waals surface area contributed by atoms with Gasteiger partial charge in [0.25, 0.3) is 5.91 Å². The molecule has 25 heavy (non-hydrogen) atoms. The van der Waals surface area contributed by atoms with Crippen LogP contribution in [0.4, 0.5) is 11.4 Å². The minimum atomic E-state index is -0.481. The Morgan fingerprint density at radius 2 is 1.92 bits per heavy atom. The normalized spacial score (nSPS) is 11.5. The second kappa shape index (κ2) is 6.05. The Morgan fingerprint density at radius 1 is 1.16 bits per heavy atom. The number of H-pyrrole nitrogens is 1. The molecule has 0 spiro atoms. The lowest BCUT2D eigenvalue weighted by Crippen LogP contribution is -2.20. The summed E-state index contributed by atoms with van der Waals surface area (Å²) in [6.07, 6.45) is 1.55. The largest absolute Gasteiger partial charge is 0.399 e. The van der Waals surface area contributed by atoms with Crippen molar-refractivity contribution in [2.24, 2.45) is 5.41 Å². The number of fused-ring (bicyclic) bond motifs is 1. The van der Waals surface area contributed by atoms with E-state index in [2.05, 4.69) is 15.3 Å². The standard InChI is InChI=1S/C19H20N4O2/c1-19(2,3)16(24)15-9-12-8-14(10-21-17(12)23-15)22-18(25)11-5-4-6-13(20)7-11/h4-10H,20H2,1-3H3,(H,21,23)(H,22,25). The van der Waals surface area contributed by atoms with Crippen LogP contribution >= 0.6 is 0 Å². The third-order valence-corrected chi connectivity index (χ3v) is 3.80. The van der Waals surface area contributed by atoms with Crippen LogP contribution in [0.5, 0.6) is 0 Å². The number of nitrogen functional groups attached to an aromatic ring is 1. The van der Waals surface area contributed by atoms with Crippen molar-refractivity contribution >= 4 is 34.1 Å². The van der Waals surface area contributed by atoms with Gasteiger partial charge < -0.3 is 16.0 Å². The lowest BCUT2D eigenvalue weighted by atomic mass is 9.89. The summed E-state index contributed by atoms with van der Waals surface area (Å²) in [5.74, 6) is -0.258. The summed E-state index contributed by atoms with van der Waals surface area (Å²) < 4.78 is 0. The van der Waals surface area contributed by atoms with Crippen molar-refractivity contribution in [1.82, 2.24) is 9.97 Å². The molecule has 0 saturated heterocycles. The fourth-order valence-corrected chi connectivity index (χ4v) is 2.49. The molecule has 1 amide bonds. The van der Waals surface area contributed by atoms with Gasteiger partial charge in [-0.2, -0.15) is 0 Å². The second-order valence-corrected chi connectivity index (χ2v) is 7.00. The van der Waals surface area contributed by atoms with Crippen molar-refractivity contribution in [3.63, 3.8) is 0 Å². The number of anilines is 2. The number of nitrogens with zero attached hydrogens (tertiary/aromatic N) is 1. The Hall–Kier alpha value is -3.15. The van der Waals surface area contributed by atoms with Crippen LogP contribution in [0.1, 0.15) is 41.6 Å². The minimum absolute atomic E-state index is 0.0100. The number of rotatable bonds is 3. The molecule has 0 aliphatic rings. The van der Waals surface area contributed by atoms with Crippen LogP contribution in [0.25, 0.3) is 11.0 Å². The van der Waals surface area contributed by atoms with E-state index in [1.54, 1.807) is 42.6 Å². The van der Waals surface area contributed by atoms with Crippen molar-refractivity contribution in [3.8, 4) is 0 Å². The van der Waals surface area contributed by atoms with Crippen LogP contribution < -0.4 is 11.1 Å². The van der Waals surface area contributed by atoms with E-state index in [1.807, 2.05) is 20.8 Å². The zero-order valence-electron chi connectivity index (χ0n) is 14.4. The first kappa shape index (κ1) is 16.7. The third kappa shape index (κ3) is 3.52. The van der Waals surface area contributed by atoms with Crippen LogP contribution in [-0.2, 0) is 0 Å². The van der Waals surface area contributed by atoms with E-state index in [1.165, 1.54) is 0 Å². The number of carbonyl (C=O) groups excluding carboxylic acids is 2. The first-order chi connectivity index (χ1) is 11.7. The first-order valence-corrected chi connectivity index (χ1v) is 7.94. The van der Waals surface area contributed by atoms with Crippen LogP contribution in [0.2, 0.25) is 0 Å². The molecule has 1 aromatic carbocycles. The van der Waals surface area contributed by atoms with E-state index >= 15 is 0 Å². The van der Waals surface area contributed by atoms with E-state index in [-0.39, 0.29) is 11.7 Å². The van der Waals surface area contributed by atoms with E-state index in [0.717, 1.165) is 5.39 Å². The average molecular weight is 336 g/mol. The van der Waals surface area contributed by atoms with Crippen molar-refractivity contribution in [2.75, 3.05) is 11.1 Å². The molecule has 2 heterocycles. The van der Waals surface area contributed by atoms with Crippen LogP contribution in [0.15, 0.2) is 42.6 Å². The number of nitrogens with two attached hydrogens (primary N) is 1. The Balaban J connectivity index is 1.86. The fourth-order valence-electron chi connectivity index (χ4n) is 2.49. The van der Waals surface area contributed by atoms with Gasteiger partial charge in [-0.15, -0.1) is 0 Å². The predicted octanol–water partition coefficient (Wildman–Crippen LogP) is 3.63. The van der Waals surface area contributed by atoms with Gasteiger partial charge in [-0.05, 0) is 30.3 Å². The van der Waals surface area contributed by atoms with E-state index in [9.17, 15) is 9.59 Å². The van der Waals surface area contributed by atoms with Gasteiger partial charge in [0.05, 0.1) is 17.6 Å². The summed E-state index contributed by atoms with van der Waals surface area (Å²) in [5.41, 5.74) is 7.88. The zero-order valence-corrected chi connectivity index (χ0v) is 14.4. The van der Waals surface area contributed by atoms with E-state index < -0.39 is 5.41 Å². The molecule has 2 aromatic heterocycles. The molecule has 4 N–H and O–H groups in total. The highest BCUT2D eigenvalue weighted by Crippen LogP contribution is 2.24. The fraction of sp³-hybridized carbons (Fsp3) is 0.211. The molecule has 128 valence electrons. The molecule has 0 bridgehead atoms. The van der Waals surface area contributed by atoms with Gasteiger partial charge in [-0.3, -0.25) is 9.59 Å². The highest BCUT2D eigenvalue weighted by molar-refractivity contribution is 6.06. The number of hydrogen-bond acceptors (Lipinski definition) is 4. The molecule has 6 nitrogen and oxygen atoms in total. The van der Waals surface area contributed by atoms with Crippen LogP contribution in [0, 0.1) is 5.41 Å². The van der Waals surface area contributed by atoms with Gasteiger partial charge in [-0.25, -0.2) is 4.98 Å². The summed E-state index contributed by atoms with van der Waals surface area (Å²) in [5, 5.41) is 3.55. The molecule has 0 atom stereocenters. The topological polar surface area (TPSA) is 101 Å². The Kier molecular flexibility index (Phi) is 4.04. The summed E-state index contributed by atoms with van der Waals surface area (Å²) in [7, 11) is 0. The maximum absolute atomic E-state index is 12.4. The number of amides is 1. The predicted molar refractivity (Wildman–Crippen MR) is 98.7 cm³/mol. The molecular weight excluding hydrogens is 316 g/mol. The Morgan fingerprint density at radius 3 is 2.60 bits per heavy atom. The highest BCUT2D eigenvalue weighted by atomic mass is 16.1. The van der Waals surface area contributed by atoms with Gasteiger partial charge in [0.2, 0.25) is 0 Å². The number of pyridine rings is 1. The Labute approximate surface area is 145 Å². The van der Waals surface area contributed by atoms with Gasteiger partial charge in [0.15, 0.2) is 5.78 Å². The maximum atomic E-state index is 12.4. The van der Waals surface area contributed by atoms with Crippen LogP contribution in [-0.4, -0.2) is 21.7 Å². The number of benzene rings is 1. The molecular formula is C19H20N4O2. The molecule has 0 aliphatic carbocycles. The van der Waals surface area contributed by atoms with Crippen molar-refractivity contribution in [3.05, 3.63) is 53.9 Å². The van der Waals surface area contributed by atoms with Crippen molar-refractivity contribution in [1.29, 1.82) is 0 Å². The quantitative estimate of drug-likeness (QED) is 0.502. The maximum Gasteiger partial charge on any atom is 0.255 e. The number of aromatic nitrogens is 2. The lowest BCUT2D eigenvalue weighted by molar-refractivity contribution is 0.0853. The van der Waals surface area contributed by atoms with Gasteiger partial charge in [0, 0.05) is 22.1 Å². The van der Waals surface area contributed by atoms with Gasteiger partial charge in [-0.1, -0.05) is 26.8 Å². The third-order valence-electron chi connectivity index (χ3n) is 3.80.